The molecule has 0 saturated heterocycles. The largest absolute Gasteiger partial charge is 0.494 e. The standard InChI is InChI=1S/C27H25ClF3N3O3/c1-3-36-16-9-11-23(37-4-2)17(13-16)24-18(14-32)26(33)34(20-6-5-7-22(35)25(20)24)21-12-15(27(29,30)31)8-10-19(21)28/h8-13,24H,3-7,33H2,1-2H3. The van der Waals surface area contributed by atoms with Crippen molar-refractivity contribution in [2.45, 2.75) is 45.2 Å². The van der Waals surface area contributed by atoms with E-state index in [1.165, 1.54) is 4.90 Å². The van der Waals surface area contributed by atoms with Crippen LogP contribution in [0.15, 0.2) is 59.1 Å². The van der Waals surface area contributed by atoms with Gasteiger partial charge in [-0.15, -0.1) is 0 Å². The summed E-state index contributed by atoms with van der Waals surface area (Å²) in [5, 5.41) is 10.3. The van der Waals surface area contributed by atoms with Crippen LogP contribution in [-0.2, 0) is 11.0 Å². The summed E-state index contributed by atoms with van der Waals surface area (Å²) in [7, 11) is 0. The van der Waals surface area contributed by atoms with E-state index in [4.69, 9.17) is 26.8 Å². The first-order chi connectivity index (χ1) is 17.6. The van der Waals surface area contributed by atoms with Crippen LogP contribution in [-0.4, -0.2) is 19.0 Å². The molecule has 0 fully saturated rings. The Kier molecular flexibility index (Phi) is 7.42. The molecular weight excluding hydrogens is 507 g/mol. The van der Waals surface area contributed by atoms with Crippen molar-refractivity contribution < 1.29 is 27.4 Å². The highest BCUT2D eigenvalue weighted by Gasteiger charge is 2.42. The maximum absolute atomic E-state index is 13.6. The molecule has 4 rings (SSSR count). The van der Waals surface area contributed by atoms with E-state index in [0.717, 1.165) is 18.2 Å². The number of nitrogens with two attached hydrogens (primary N) is 1. The van der Waals surface area contributed by atoms with E-state index >= 15 is 0 Å². The average molecular weight is 532 g/mol. The highest BCUT2D eigenvalue weighted by molar-refractivity contribution is 6.33. The van der Waals surface area contributed by atoms with Gasteiger partial charge < -0.3 is 15.2 Å². The lowest BCUT2D eigenvalue weighted by atomic mass is 9.75. The molecule has 2 aromatic rings. The minimum Gasteiger partial charge on any atom is -0.494 e. The van der Waals surface area contributed by atoms with Crippen LogP contribution in [0.4, 0.5) is 18.9 Å². The van der Waals surface area contributed by atoms with Crippen LogP contribution in [0, 0.1) is 11.3 Å². The maximum Gasteiger partial charge on any atom is 0.416 e. The van der Waals surface area contributed by atoms with Crippen molar-refractivity contribution in [1.29, 1.82) is 5.26 Å². The zero-order valence-electron chi connectivity index (χ0n) is 20.3. The van der Waals surface area contributed by atoms with Crippen LogP contribution in [0.2, 0.25) is 5.02 Å². The molecule has 194 valence electrons. The Balaban J connectivity index is 2.01. The van der Waals surface area contributed by atoms with Crippen LogP contribution in [0.3, 0.4) is 0 Å². The van der Waals surface area contributed by atoms with Crippen molar-refractivity contribution >= 4 is 23.1 Å². The van der Waals surface area contributed by atoms with Crippen LogP contribution in [0.1, 0.15) is 50.2 Å². The summed E-state index contributed by atoms with van der Waals surface area (Å²) in [5.74, 6) is -0.219. The molecule has 6 nitrogen and oxygen atoms in total. The molecule has 0 amide bonds. The number of ether oxygens (including phenoxy) is 2. The predicted molar refractivity (Wildman–Crippen MR) is 133 cm³/mol. The number of carbonyl (C=O) groups excluding carboxylic acids is 1. The second-order valence-electron chi connectivity index (χ2n) is 8.55. The fourth-order valence-corrected chi connectivity index (χ4v) is 5.03. The second-order valence-corrected chi connectivity index (χ2v) is 8.95. The Morgan fingerprint density at radius 2 is 1.86 bits per heavy atom. The summed E-state index contributed by atoms with van der Waals surface area (Å²) in [6.45, 7) is 4.37. The third-order valence-electron chi connectivity index (χ3n) is 6.33. The third kappa shape index (κ3) is 4.86. The smallest absolute Gasteiger partial charge is 0.416 e. The molecule has 1 aliphatic heterocycles. The minimum atomic E-state index is -4.63. The molecule has 2 aromatic carbocycles. The number of nitrogens with zero attached hydrogens (tertiary/aromatic N) is 2. The summed E-state index contributed by atoms with van der Waals surface area (Å²) < 4.78 is 52.1. The third-order valence-corrected chi connectivity index (χ3v) is 6.65. The molecular formula is C27H25ClF3N3O3. The van der Waals surface area contributed by atoms with Gasteiger partial charge in [0, 0.05) is 23.3 Å². The number of carbonyl (C=O) groups is 1. The number of anilines is 1. The number of ketones is 1. The highest BCUT2D eigenvalue weighted by atomic mass is 35.5. The van der Waals surface area contributed by atoms with E-state index in [-0.39, 0.29) is 34.3 Å². The Morgan fingerprint density at radius 3 is 2.51 bits per heavy atom. The fourth-order valence-electron chi connectivity index (χ4n) is 4.83. The molecule has 1 aliphatic carbocycles. The Morgan fingerprint density at radius 1 is 1.14 bits per heavy atom. The zero-order valence-corrected chi connectivity index (χ0v) is 21.0. The van der Waals surface area contributed by atoms with Gasteiger partial charge in [-0.3, -0.25) is 9.69 Å². The number of allylic oxidation sites excluding steroid dienone is 3. The lowest BCUT2D eigenvalue weighted by Crippen LogP contribution is -2.39. The summed E-state index contributed by atoms with van der Waals surface area (Å²) in [6.07, 6.45) is -3.56. The normalized spacial score (nSPS) is 18.0. The second kappa shape index (κ2) is 10.4. The summed E-state index contributed by atoms with van der Waals surface area (Å²) in [6, 6.07) is 10.1. The zero-order chi connectivity index (χ0) is 26.9. The number of benzene rings is 2. The van der Waals surface area contributed by atoms with Gasteiger partial charge in [-0.05, 0) is 63.1 Å². The van der Waals surface area contributed by atoms with Crippen LogP contribution < -0.4 is 20.1 Å². The number of hydrogen-bond donors (Lipinski definition) is 1. The van der Waals surface area contributed by atoms with Gasteiger partial charge in [-0.25, -0.2) is 0 Å². The molecule has 0 spiro atoms. The van der Waals surface area contributed by atoms with E-state index in [0.29, 0.717) is 54.4 Å². The number of halogens is 4. The van der Waals surface area contributed by atoms with Gasteiger partial charge in [0.25, 0.3) is 0 Å². The number of nitriles is 1. The van der Waals surface area contributed by atoms with Crippen LogP contribution in [0.25, 0.3) is 0 Å². The minimum absolute atomic E-state index is 0.00455. The van der Waals surface area contributed by atoms with Crippen molar-refractivity contribution in [1.82, 2.24) is 0 Å². The van der Waals surface area contributed by atoms with Crippen molar-refractivity contribution in [3.8, 4) is 17.6 Å². The van der Waals surface area contributed by atoms with Crippen LogP contribution in [0.5, 0.6) is 11.5 Å². The topological polar surface area (TPSA) is 88.6 Å². The first-order valence-electron chi connectivity index (χ1n) is 11.8. The first kappa shape index (κ1) is 26.4. The molecule has 1 unspecified atom stereocenters. The van der Waals surface area contributed by atoms with Gasteiger partial charge in [-0.1, -0.05) is 11.6 Å². The molecule has 2 N–H and O–H groups in total. The van der Waals surface area contributed by atoms with Gasteiger partial charge in [0.1, 0.15) is 17.3 Å². The van der Waals surface area contributed by atoms with Crippen molar-refractivity contribution in [3.63, 3.8) is 0 Å². The van der Waals surface area contributed by atoms with Gasteiger partial charge in [0.05, 0.1) is 47.0 Å². The van der Waals surface area contributed by atoms with Crippen molar-refractivity contribution in [3.05, 3.63) is 75.2 Å². The molecule has 0 radical (unpaired) electrons. The molecule has 10 heteroatoms. The van der Waals surface area contributed by atoms with E-state index in [2.05, 4.69) is 6.07 Å². The van der Waals surface area contributed by atoms with Gasteiger partial charge in [0.15, 0.2) is 5.78 Å². The summed E-state index contributed by atoms with van der Waals surface area (Å²) >= 11 is 6.36. The van der Waals surface area contributed by atoms with Crippen molar-refractivity contribution in [2.75, 3.05) is 18.1 Å². The lowest BCUT2D eigenvalue weighted by molar-refractivity contribution is -0.137. The Hall–Kier alpha value is -3.64. The van der Waals surface area contributed by atoms with Gasteiger partial charge in [0.2, 0.25) is 0 Å². The van der Waals surface area contributed by atoms with E-state index in [1.54, 1.807) is 18.2 Å². The SMILES string of the molecule is CCOc1ccc(OCC)c(C2C(C#N)=C(N)N(c3cc(C(F)(F)F)ccc3Cl)C3=C2C(=O)CCC3)c1. The predicted octanol–water partition coefficient (Wildman–Crippen LogP) is 6.46. The monoisotopic (exact) mass is 531 g/mol. The molecule has 2 aliphatic rings. The Bertz CT molecular complexity index is 1340. The van der Waals surface area contributed by atoms with E-state index < -0.39 is 17.7 Å². The van der Waals surface area contributed by atoms with Gasteiger partial charge >= 0.3 is 6.18 Å². The molecule has 37 heavy (non-hydrogen) atoms. The van der Waals surface area contributed by atoms with Crippen molar-refractivity contribution in [2.24, 2.45) is 5.73 Å². The molecule has 0 saturated carbocycles. The molecule has 0 bridgehead atoms. The summed E-state index contributed by atoms with van der Waals surface area (Å²) in [4.78, 5) is 14.7. The number of Topliss-reactive ketones (excluding diaryl/α,β-unsaturated/α-hetero) is 1. The number of hydrogen-bond acceptors (Lipinski definition) is 6. The highest BCUT2D eigenvalue weighted by Crippen LogP contribution is 2.50. The summed E-state index contributed by atoms with van der Waals surface area (Å²) in [5.41, 5.74) is 6.79. The lowest BCUT2D eigenvalue weighted by Gasteiger charge is -2.40. The van der Waals surface area contributed by atoms with Crippen LogP contribution >= 0.6 is 11.6 Å². The van der Waals surface area contributed by atoms with E-state index in [9.17, 15) is 23.2 Å². The number of alkyl halides is 3. The molecule has 1 atom stereocenters. The fraction of sp³-hybridized carbons (Fsp3) is 0.333. The number of rotatable bonds is 6. The molecule has 1 heterocycles. The maximum atomic E-state index is 13.6. The first-order valence-corrected chi connectivity index (χ1v) is 12.2. The van der Waals surface area contributed by atoms with Gasteiger partial charge in [-0.2, -0.15) is 18.4 Å². The quantitative estimate of drug-likeness (QED) is 0.460. The molecule has 0 aromatic heterocycles. The van der Waals surface area contributed by atoms with E-state index in [1.807, 2.05) is 13.8 Å². The Labute approximate surface area is 217 Å². The average Bonchev–Trinajstić information content (AvgIpc) is 2.85.